The van der Waals surface area contributed by atoms with Crippen LogP contribution in [0.3, 0.4) is 0 Å². The number of halogens is 5. The van der Waals surface area contributed by atoms with Crippen molar-refractivity contribution in [2.24, 2.45) is 0 Å². The molecule has 0 radical (unpaired) electrons. The van der Waals surface area contributed by atoms with E-state index >= 15 is 0 Å². The first-order chi connectivity index (χ1) is 9.38. The lowest BCUT2D eigenvalue weighted by atomic mass is 9.80. The molecule has 0 aliphatic carbocycles. The Morgan fingerprint density at radius 1 is 1.00 bits per heavy atom. The molecule has 0 spiro atoms. The zero-order valence-corrected chi connectivity index (χ0v) is 10.9. The van der Waals surface area contributed by atoms with Crippen molar-refractivity contribution in [3.8, 4) is 5.75 Å². The molecule has 2 rings (SSSR count). The van der Waals surface area contributed by atoms with E-state index in [9.17, 15) is 17.3 Å². The van der Waals surface area contributed by atoms with E-state index in [-0.39, 0.29) is 22.9 Å². The third kappa shape index (κ3) is 3.45. The summed E-state index contributed by atoms with van der Waals surface area (Å²) in [5, 5.41) is -0.0266. The average molecular weight is 303 g/mol. The maximum Gasteiger partial charge on any atom is 0.509 e. The van der Waals surface area contributed by atoms with E-state index in [0.29, 0.717) is 0 Å². The number of benzene rings is 2. The Balaban J connectivity index is 2.06. The largest absolute Gasteiger partial charge is 0.509 e. The summed E-state index contributed by atoms with van der Waals surface area (Å²) < 4.78 is 56.1. The molecule has 0 unspecified atom stereocenters. The Kier molecular flexibility index (Phi) is 4.23. The molecule has 1 nitrogen and oxygen atoms in total. The molecule has 0 aliphatic rings. The normalized spacial score (nSPS) is 11.4. The van der Waals surface area contributed by atoms with E-state index < -0.39 is 18.3 Å². The van der Waals surface area contributed by atoms with E-state index in [1.807, 2.05) is 0 Å². The number of ether oxygens (including phenoxy) is 1. The minimum Gasteiger partial charge on any atom is -0.489 e. The molecule has 0 fully saturated rings. The van der Waals surface area contributed by atoms with E-state index in [0.717, 1.165) is 12.1 Å². The highest BCUT2D eigenvalue weighted by Crippen LogP contribution is 2.20. The molecular weight excluding hydrogens is 294 g/mol. The standard InChI is InChI=1S/C13H9BClF4O/c15-12-3-1-2-9(13(12)16)8-20-11-6-4-10(5-7-11)14(17,18)19/h1-7H,8H2/q-1. The van der Waals surface area contributed by atoms with Crippen molar-refractivity contribution < 1.29 is 22.1 Å². The van der Waals surface area contributed by atoms with Gasteiger partial charge in [-0.05, 0) is 18.2 Å². The summed E-state index contributed by atoms with van der Waals surface area (Å²) in [5.41, 5.74) is -0.465. The Morgan fingerprint density at radius 2 is 1.65 bits per heavy atom. The summed E-state index contributed by atoms with van der Waals surface area (Å²) in [6, 6.07) is 8.74. The predicted molar refractivity (Wildman–Crippen MR) is 70.9 cm³/mol. The molecule has 0 amide bonds. The second-order valence-corrected chi connectivity index (χ2v) is 4.55. The summed E-state index contributed by atoms with van der Waals surface area (Å²) in [7, 11) is 0. The minimum absolute atomic E-state index is 0.0266. The quantitative estimate of drug-likeness (QED) is 0.610. The molecule has 0 aliphatic heterocycles. The van der Waals surface area contributed by atoms with Crippen molar-refractivity contribution in [1.29, 1.82) is 0 Å². The molecule has 0 atom stereocenters. The lowest BCUT2D eigenvalue weighted by Crippen LogP contribution is -2.33. The van der Waals surface area contributed by atoms with Gasteiger partial charge in [0.15, 0.2) is 0 Å². The van der Waals surface area contributed by atoms with Crippen LogP contribution in [-0.4, -0.2) is 6.98 Å². The maximum atomic E-state index is 13.6. The summed E-state index contributed by atoms with van der Waals surface area (Å²) >= 11 is 5.61. The lowest BCUT2D eigenvalue weighted by Gasteiger charge is -2.15. The lowest BCUT2D eigenvalue weighted by molar-refractivity contribution is 0.300. The monoisotopic (exact) mass is 303 g/mol. The van der Waals surface area contributed by atoms with Gasteiger partial charge in [-0.1, -0.05) is 35.9 Å². The van der Waals surface area contributed by atoms with Crippen LogP contribution in [0.15, 0.2) is 42.5 Å². The Hall–Kier alpha value is -1.69. The highest BCUT2D eigenvalue weighted by atomic mass is 35.5. The van der Waals surface area contributed by atoms with Crippen molar-refractivity contribution >= 4 is 24.0 Å². The minimum atomic E-state index is -5.02. The zero-order chi connectivity index (χ0) is 14.8. The van der Waals surface area contributed by atoms with Gasteiger partial charge in [-0.3, -0.25) is 0 Å². The fourth-order valence-electron chi connectivity index (χ4n) is 1.60. The topological polar surface area (TPSA) is 9.23 Å². The van der Waals surface area contributed by atoms with Crippen molar-refractivity contribution in [2.45, 2.75) is 6.61 Å². The predicted octanol–water partition coefficient (Wildman–Crippen LogP) is 4.11. The van der Waals surface area contributed by atoms with Crippen molar-refractivity contribution in [2.75, 3.05) is 0 Å². The van der Waals surface area contributed by atoms with Crippen LogP contribution in [0.1, 0.15) is 5.56 Å². The molecule has 0 N–H and O–H groups in total. The van der Waals surface area contributed by atoms with Crippen LogP contribution in [0.5, 0.6) is 5.75 Å². The second-order valence-electron chi connectivity index (χ2n) is 4.15. The summed E-state index contributed by atoms with van der Waals surface area (Å²) in [6.45, 7) is -5.13. The smallest absolute Gasteiger partial charge is 0.489 e. The van der Waals surface area contributed by atoms with Crippen molar-refractivity contribution in [3.63, 3.8) is 0 Å². The van der Waals surface area contributed by atoms with Gasteiger partial charge in [0, 0.05) is 5.56 Å². The van der Waals surface area contributed by atoms with Gasteiger partial charge >= 0.3 is 6.98 Å². The van der Waals surface area contributed by atoms with Gasteiger partial charge in [0.05, 0.1) is 5.02 Å². The molecule has 106 valence electrons. The van der Waals surface area contributed by atoms with Crippen LogP contribution in [0, 0.1) is 5.82 Å². The fraction of sp³-hybridized carbons (Fsp3) is 0.0769. The zero-order valence-electron chi connectivity index (χ0n) is 10.1. The first-order valence-electron chi connectivity index (χ1n) is 5.73. The summed E-state index contributed by atoms with van der Waals surface area (Å²) in [5.74, 6) is -0.363. The van der Waals surface area contributed by atoms with Gasteiger partial charge in [-0.15, -0.1) is 5.46 Å². The molecular formula is C13H9BClF4O-. The van der Waals surface area contributed by atoms with Gasteiger partial charge in [0.2, 0.25) is 0 Å². The van der Waals surface area contributed by atoms with E-state index in [4.69, 9.17) is 16.3 Å². The molecule has 0 bridgehead atoms. The van der Waals surface area contributed by atoms with Crippen LogP contribution in [0.25, 0.3) is 0 Å². The number of hydrogen-bond donors (Lipinski definition) is 0. The maximum absolute atomic E-state index is 13.6. The highest BCUT2D eigenvalue weighted by molar-refractivity contribution is 6.73. The van der Waals surface area contributed by atoms with Crippen LogP contribution >= 0.6 is 11.6 Å². The first kappa shape index (κ1) is 14.7. The molecule has 7 heteroatoms. The molecule has 0 aromatic heterocycles. The van der Waals surface area contributed by atoms with Gasteiger partial charge in [-0.25, -0.2) is 4.39 Å². The molecule has 20 heavy (non-hydrogen) atoms. The first-order valence-corrected chi connectivity index (χ1v) is 6.11. The van der Waals surface area contributed by atoms with E-state index in [2.05, 4.69) is 0 Å². The molecule has 0 saturated heterocycles. The molecule has 2 aromatic carbocycles. The van der Waals surface area contributed by atoms with Crippen LogP contribution in [0.4, 0.5) is 17.3 Å². The number of rotatable bonds is 4. The van der Waals surface area contributed by atoms with Crippen molar-refractivity contribution in [3.05, 3.63) is 58.9 Å². The van der Waals surface area contributed by atoms with Gasteiger partial charge in [0.25, 0.3) is 0 Å². The van der Waals surface area contributed by atoms with E-state index in [1.54, 1.807) is 6.07 Å². The Bertz CT molecular complexity index is 598. The summed E-state index contributed by atoms with van der Waals surface area (Å²) in [6.07, 6.45) is 0. The van der Waals surface area contributed by atoms with E-state index in [1.165, 1.54) is 24.3 Å². The molecule has 0 saturated carbocycles. The Labute approximate surface area is 118 Å². The SMILES string of the molecule is Fc1c(Cl)cccc1COc1ccc([B-](F)(F)F)cc1. The second kappa shape index (κ2) is 5.75. The highest BCUT2D eigenvalue weighted by Gasteiger charge is 2.24. The summed E-state index contributed by atoms with van der Waals surface area (Å²) in [4.78, 5) is 0. The number of hydrogen-bond acceptors (Lipinski definition) is 1. The van der Waals surface area contributed by atoms with Crippen LogP contribution in [0.2, 0.25) is 5.02 Å². The van der Waals surface area contributed by atoms with Gasteiger partial charge in [0.1, 0.15) is 18.2 Å². The third-order valence-corrected chi connectivity index (χ3v) is 2.98. The third-order valence-electron chi connectivity index (χ3n) is 2.68. The average Bonchev–Trinajstić information content (AvgIpc) is 2.40. The van der Waals surface area contributed by atoms with Gasteiger partial charge < -0.3 is 17.7 Å². The fourth-order valence-corrected chi connectivity index (χ4v) is 1.80. The van der Waals surface area contributed by atoms with Gasteiger partial charge in [-0.2, -0.15) is 0 Å². The molecule has 0 heterocycles. The Morgan fingerprint density at radius 3 is 2.25 bits per heavy atom. The van der Waals surface area contributed by atoms with Crippen LogP contribution < -0.4 is 10.2 Å². The van der Waals surface area contributed by atoms with Crippen LogP contribution in [-0.2, 0) is 6.61 Å². The molecule has 2 aromatic rings. The van der Waals surface area contributed by atoms with Crippen molar-refractivity contribution in [1.82, 2.24) is 0 Å².